The maximum Gasteiger partial charge on any atom is 0.322 e. The van der Waals surface area contributed by atoms with E-state index in [0.29, 0.717) is 12.2 Å². The van der Waals surface area contributed by atoms with Gasteiger partial charge in [0.2, 0.25) is 0 Å². The molecular formula is C18H22N4O5. The molecule has 9 heteroatoms. The van der Waals surface area contributed by atoms with Crippen molar-refractivity contribution in [2.45, 2.75) is 38.6 Å². The first-order valence-corrected chi connectivity index (χ1v) is 8.89. The lowest BCUT2D eigenvalue weighted by molar-refractivity contribution is -0.384. The number of nitro benzene ring substituents is 1. The van der Waals surface area contributed by atoms with E-state index in [-0.39, 0.29) is 23.5 Å². The van der Waals surface area contributed by atoms with Crippen LogP contribution in [0, 0.1) is 10.1 Å². The van der Waals surface area contributed by atoms with E-state index in [9.17, 15) is 14.9 Å². The lowest BCUT2D eigenvalue weighted by Gasteiger charge is -2.23. The van der Waals surface area contributed by atoms with Gasteiger partial charge >= 0.3 is 6.03 Å². The Kier molecular flexibility index (Phi) is 5.58. The summed E-state index contributed by atoms with van der Waals surface area (Å²) in [6.45, 7) is 2.66. The lowest BCUT2D eigenvalue weighted by atomic mass is 10.1. The third kappa shape index (κ3) is 4.02. The number of hydrogen-bond acceptors (Lipinski definition) is 6. The van der Waals surface area contributed by atoms with Crippen molar-refractivity contribution < 1.29 is 19.0 Å². The van der Waals surface area contributed by atoms with Crippen LogP contribution in [0.2, 0.25) is 0 Å². The molecular weight excluding hydrogens is 352 g/mol. The Morgan fingerprint density at radius 1 is 1.48 bits per heavy atom. The zero-order valence-electron chi connectivity index (χ0n) is 15.3. The van der Waals surface area contributed by atoms with E-state index in [0.717, 1.165) is 37.1 Å². The van der Waals surface area contributed by atoms with Crippen molar-refractivity contribution >= 4 is 17.4 Å². The number of aryl methyl sites for hydroxylation is 1. The second-order valence-electron chi connectivity index (χ2n) is 6.39. The highest BCUT2D eigenvalue weighted by molar-refractivity contribution is 5.91. The summed E-state index contributed by atoms with van der Waals surface area (Å²) in [7, 11) is 1.40. The summed E-state index contributed by atoms with van der Waals surface area (Å²) in [5, 5.41) is 17.8. The van der Waals surface area contributed by atoms with Crippen molar-refractivity contribution in [3.63, 3.8) is 0 Å². The molecule has 0 bridgehead atoms. The number of aromatic nitrogens is 1. The van der Waals surface area contributed by atoms with E-state index in [4.69, 9.17) is 9.26 Å². The molecule has 3 rings (SSSR count). The fourth-order valence-electron chi connectivity index (χ4n) is 3.25. The second kappa shape index (κ2) is 8.07. The van der Waals surface area contributed by atoms with Gasteiger partial charge in [0.25, 0.3) is 5.69 Å². The fraction of sp³-hybridized carbons (Fsp3) is 0.444. The van der Waals surface area contributed by atoms with E-state index in [1.54, 1.807) is 4.90 Å². The van der Waals surface area contributed by atoms with Crippen molar-refractivity contribution in [1.82, 2.24) is 10.1 Å². The van der Waals surface area contributed by atoms with Crippen LogP contribution in [0.1, 0.15) is 43.7 Å². The molecule has 0 spiro atoms. The molecule has 1 saturated heterocycles. The molecule has 9 nitrogen and oxygen atoms in total. The number of anilines is 1. The second-order valence-corrected chi connectivity index (χ2v) is 6.39. The number of nitro groups is 1. The summed E-state index contributed by atoms with van der Waals surface area (Å²) < 4.78 is 10.5. The topological polar surface area (TPSA) is 111 Å². The number of hydrogen-bond donors (Lipinski definition) is 1. The van der Waals surface area contributed by atoms with E-state index >= 15 is 0 Å². The van der Waals surface area contributed by atoms with Crippen LogP contribution in [-0.4, -0.2) is 34.7 Å². The molecule has 0 aliphatic carbocycles. The number of amides is 2. The van der Waals surface area contributed by atoms with Crippen LogP contribution < -0.4 is 10.1 Å². The Hall–Kier alpha value is -3.10. The summed E-state index contributed by atoms with van der Waals surface area (Å²) in [6, 6.07) is 5.54. The highest BCUT2D eigenvalue weighted by Crippen LogP contribution is 2.34. The van der Waals surface area contributed by atoms with Gasteiger partial charge in [0.1, 0.15) is 17.2 Å². The zero-order chi connectivity index (χ0) is 19.4. The standard InChI is InChI=1S/C18H22N4O5/c1-3-5-13-11-15(20-27-13)16-6-4-9-21(16)18(23)19-14-8-7-12(22(24)25)10-17(14)26-2/h7-8,10-11,16H,3-6,9H2,1-2H3,(H,19,23). The van der Waals surface area contributed by atoms with Gasteiger partial charge in [-0.05, 0) is 25.3 Å². The van der Waals surface area contributed by atoms with Crippen LogP contribution in [0.5, 0.6) is 5.75 Å². The van der Waals surface area contributed by atoms with Crippen molar-refractivity contribution in [1.29, 1.82) is 0 Å². The average molecular weight is 374 g/mol. The third-order valence-electron chi connectivity index (χ3n) is 4.57. The summed E-state index contributed by atoms with van der Waals surface area (Å²) in [5.41, 5.74) is 1.03. The van der Waals surface area contributed by atoms with Gasteiger partial charge in [0, 0.05) is 25.1 Å². The van der Waals surface area contributed by atoms with Crippen LogP contribution in [-0.2, 0) is 6.42 Å². The zero-order valence-corrected chi connectivity index (χ0v) is 15.3. The predicted octanol–water partition coefficient (Wildman–Crippen LogP) is 3.91. The largest absolute Gasteiger partial charge is 0.494 e. The minimum Gasteiger partial charge on any atom is -0.494 e. The fourth-order valence-corrected chi connectivity index (χ4v) is 3.25. The van der Waals surface area contributed by atoms with Crippen LogP contribution >= 0.6 is 0 Å². The number of carbonyl (C=O) groups is 1. The number of non-ortho nitro benzene ring substituents is 1. The SMILES string of the molecule is CCCc1cc(C2CCCN2C(=O)Nc2ccc([N+](=O)[O-])cc2OC)no1. The van der Waals surface area contributed by atoms with Crippen molar-refractivity contribution in [2.24, 2.45) is 0 Å². The van der Waals surface area contributed by atoms with Crippen LogP contribution in [0.4, 0.5) is 16.2 Å². The Bertz CT molecular complexity index is 835. The van der Waals surface area contributed by atoms with Crippen molar-refractivity contribution in [2.75, 3.05) is 19.0 Å². The number of carbonyl (C=O) groups excluding carboxylic acids is 1. The molecule has 0 radical (unpaired) electrons. The van der Waals surface area contributed by atoms with Crippen molar-refractivity contribution in [3.8, 4) is 5.75 Å². The number of nitrogens with zero attached hydrogens (tertiary/aromatic N) is 3. The van der Waals surface area contributed by atoms with E-state index in [1.165, 1.54) is 25.3 Å². The quantitative estimate of drug-likeness (QED) is 0.606. The Balaban J connectivity index is 1.75. The molecule has 1 aliphatic heterocycles. The van der Waals surface area contributed by atoms with Crippen LogP contribution in [0.15, 0.2) is 28.8 Å². The molecule has 1 unspecified atom stereocenters. The molecule has 1 fully saturated rings. The van der Waals surface area contributed by atoms with Gasteiger partial charge in [-0.3, -0.25) is 10.1 Å². The number of benzene rings is 1. The molecule has 144 valence electrons. The summed E-state index contributed by atoms with van der Waals surface area (Å²) in [6.07, 6.45) is 3.45. The summed E-state index contributed by atoms with van der Waals surface area (Å²) >= 11 is 0. The van der Waals surface area contributed by atoms with Crippen LogP contribution in [0.3, 0.4) is 0 Å². The number of ether oxygens (including phenoxy) is 1. The van der Waals surface area contributed by atoms with Gasteiger partial charge in [-0.2, -0.15) is 0 Å². The molecule has 2 amide bonds. The number of methoxy groups -OCH3 is 1. The van der Waals surface area contributed by atoms with Gasteiger partial charge in [-0.25, -0.2) is 4.79 Å². The molecule has 1 atom stereocenters. The molecule has 27 heavy (non-hydrogen) atoms. The molecule has 2 aromatic rings. The van der Waals surface area contributed by atoms with Gasteiger partial charge in [-0.1, -0.05) is 12.1 Å². The number of likely N-dealkylation sites (tertiary alicyclic amines) is 1. The highest BCUT2D eigenvalue weighted by Gasteiger charge is 2.32. The lowest BCUT2D eigenvalue weighted by Crippen LogP contribution is -2.34. The molecule has 1 N–H and O–H groups in total. The molecule has 1 aliphatic rings. The Morgan fingerprint density at radius 2 is 2.30 bits per heavy atom. The molecule has 1 aromatic carbocycles. The normalized spacial score (nSPS) is 16.4. The Labute approximate surface area is 156 Å². The number of nitrogens with one attached hydrogen (secondary N) is 1. The first-order chi connectivity index (χ1) is 13.0. The van der Waals surface area contributed by atoms with Crippen molar-refractivity contribution in [3.05, 3.63) is 45.8 Å². The summed E-state index contributed by atoms with van der Waals surface area (Å²) in [4.78, 5) is 24.9. The van der Waals surface area contributed by atoms with Gasteiger partial charge in [-0.15, -0.1) is 0 Å². The maximum absolute atomic E-state index is 12.8. The Morgan fingerprint density at radius 3 is 3.00 bits per heavy atom. The van der Waals surface area contributed by atoms with E-state index in [2.05, 4.69) is 17.4 Å². The van der Waals surface area contributed by atoms with E-state index < -0.39 is 4.92 Å². The summed E-state index contributed by atoms with van der Waals surface area (Å²) in [5.74, 6) is 1.05. The van der Waals surface area contributed by atoms with Gasteiger partial charge in [0.15, 0.2) is 0 Å². The predicted molar refractivity (Wildman–Crippen MR) is 97.8 cm³/mol. The minimum atomic E-state index is -0.511. The first kappa shape index (κ1) is 18.7. The molecule has 2 heterocycles. The number of urea groups is 1. The number of rotatable bonds is 6. The van der Waals surface area contributed by atoms with Gasteiger partial charge in [0.05, 0.1) is 29.8 Å². The highest BCUT2D eigenvalue weighted by atomic mass is 16.6. The maximum atomic E-state index is 12.8. The smallest absolute Gasteiger partial charge is 0.322 e. The minimum absolute atomic E-state index is 0.102. The average Bonchev–Trinajstić information content (AvgIpc) is 3.31. The monoisotopic (exact) mass is 374 g/mol. The van der Waals surface area contributed by atoms with Gasteiger partial charge < -0.3 is 19.5 Å². The molecule has 1 aromatic heterocycles. The van der Waals surface area contributed by atoms with E-state index in [1.807, 2.05) is 6.07 Å². The first-order valence-electron chi connectivity index (χ1n) is 8.89. The van der Waals surface area contributed by atoms with Crippen LogP contribution in [0.25, 0.3) is 0 Å². The third-order valence-corrected chi connectivity index (χ3v) is 4.57. The molecule has 0 saturated carbocycles.